The second-order valence-corrected chi connectivity index (χ2v) is 5.09. The molecule has 0 aliphatic rings. The molecule has 2 aromatic carbocycles. The maximum atomic E-state index is 6.46. The monoisotopic (exact) mass is 294 g/mol. The molecule has 0 aliphatic carbocycles. The molecule has 0 aliphatic heterocycles. The molecule has 0 heterocycles. The Hall–Kier alpha value is -0.790. The molecule has 2 heteroatoms. The van der Waals surface area contributed by atoms with E-state index < -0.39 is 0 Å². The molecule has 1 unspecified atom stereocenters. The summed E-state index contributed by atoms with van der Waals surface area (Å²) in [4.78, 5) is 0. The number of hydrogen-bond acceptors (Lipinski definition) is 0. The summed E-state index contributed by atoms with van der Waals surface area (Å²) in [5.41, 5.74) is 3.46. The lowest BCUT2D eigenvalue weighted by atomic mass is 10.0. The molecule has 0 N–H and O–H groups in total. The highest BCUT2D eigenvalue weighted by atomic mass is 79.9. The van der Waals surface area contributed by atoms with Gasteiger partial charge in [0.25, 0.3) is 0 Å². The fourth-order valence-electron chi connectivity index (χ4n) is 1.64. The van der Waals surface area contributed by atoms with Gasteiger partial charge in [-0.2, -0.15) is 0 Å². The zero-order chi connectivity index (χ0) is 11.5. The van der Waals surface area contributed by atoms with Gasteiger partial charge in [-0.25, -0.2) is 0 Å². The second kappa shape index (κ2) is 5.03. The molecule has 0 saturated carbocycles. The highest BCUT2D eigenvalue weighted by Crippen LogP contribution is 2.33. The molecule has 0 fully saturated rings. The van der Waals surface area contributed by atoms with Crippen LogP contribution in [-0.4, -0.2) is 0 Å². The Morgan fingerprint density at radius 3 is 2.38 bits per heavy atom. The number of aryl methyl sites for hydroxylation is 1. The third-order valence-electron chi connectivity index (χ3n) is 2.52. The van der Waals surface area contributed by atoms with Gasteiger partial charge in [0.2, 0.25) is 0 Å². The third kappa shape index (κ3) is 2.47. The SMILES string of the molecule is Cc1ccc(C(Cl)c2ccccc2)c(Br)c1. The number of rotatable bonds is 2. The largest absolute Gasteiger partial charge is 0.113 e. The Morgan fingerprint density at radius 1 is 1.06 bits per heavy atom. The molecular formula is C14H12BrCl. The van der Waals surface area contributed by atoms with E-state index in [1.807, 2.05) is 30.3 Å². The van der Waals surface area contributed by atoms with E-state index in [1.54, 1.807) is 0 Å². The molecule has 0 radical (unpaired) electrons. The minimum absolute atomic E-state index is 0.101. The summed E-state index contributed by atoms with van der Waals surface area (Å²) < 4.78 is 1.07. The van der Waals surface area contributed by atoms with Crippen molar-refractivity contribution in [2.75, 3.05) is 0 Å². The molecule has 2 rings (SSSR count). The lowest BCUT2D eigenvalue weighted by Crippen LogP contribution is -1.94. The first kappa shape index (κ1) is 11.7. The predicted molar refractivity (Wildman–Crippen MR) is 73.0 cm³/mol. The third-order valence-corrected chi connectivity index (χ3v) is 3.70. The fourth-order valence-corrected chi connectivity index (χ4v) is 2.83. The van der Waals surface area contributed by atoms with Crippen molar-refractivity contribution in [3.05, 3.63) is 69.7 Å². The van der Waals surface area contributed by atoms with Crippen LogP contribution in [0.1, 0.15) is 22.1 Å². The summed E-state index contributed by atoms with van der Waals surface area (Å²) in [5, 5.41) is -0.101. The topological polar surface area (TPSA) is 0 Å². The molecule has 0 amide bonds. The minimum Gasteiger partial charge on any atom is -0.113 e. The van der Waals surface area contributed by atoms with Crippen LogP contribution in [0.4, 0.5) is 0 Å². The number of alkyl halides is 1. The summed E-state index contributed by atoms with van der Waals surface area (Å²) in [6.45, 7) is 2.07. The van der Waals surface area contributed by atoms with Crippen LogP contribution in [0.3, 0.4) is 0 Å². The van der Waals surface area contributed by atoms with Crippen molar-refractivity contribution < 1.29 is 0 Å². The van der Waals surface area contributed by atoms with Crippen molar-refractivity contribution in [1.82, 2.24) is 0 Å². The standard InChI is InChI=1S/C14H12BrCl/c1-10-7-8-12(13(15)9-10)14(16)11-5-3-2-4-6-11/h2-9,14H,1H3. The number of halogens is 2. The lowest BCUT2D eigenvalue weighted by Gasteiger charge is -2.12. The summed E-state index contributed by atoms with van der Waals surface area (Å²) in [7, 11) is 0. The van der Waals surface area contributed by atoms with Crippen molar-refractivity contribution in [3.8, 4) is 0 Å². The van der Waals surface area contributed by atoms with Crippen molar-refractivity contribution >= 4 is 27.5 Å². The van der Waals surface area contributed by atoms with Crippen LogP contribution in [0.5, 0.6) is 0 Å². The predicted octanol–water partition coefficient (Wildman–Crippen LogP) is 5.09. The van der Waals surface area contributed by atoms with Gasteiger partial charge in [0.1, 0.15) is 0 Å². The van der Waals surface area contributed by atoms with Gasteiger partial charge in [0.05, 0.1) is 5.38 Å². The minimum atomic E-state index is -0.101. The first-order valence-corrected chi connectivity index (χ1v) is 6.36. The van der Waals surface area contributed by atoms with Crippen LogP contribution in [-0.2, 0) is 0 Å². The highest BCUT2D eigenvalue weighted by molar-refractivity contribution is 9.10. The summed E-state index contributed by atoms with van der Waals surface area (Å²) in [6, 6.07) is 16.3. The molecule has 0 saturated heterocycles. The van der Waals surface area contributed by atoms with Crippen molar-refractivity contribution in [2.24, 2.45) is 0 Å². The van der Waals surface area contributed by atoms with Gasteiger partial charge in [-0.15, -0.1) is 11.6 Å². The summed E-state index contributed by atoms with van der Waals surface area (Å²) >= 11 is 10.0. The molecule has 16 heavy (non-hydrogen) atoms. The Balaban J connectivity index is 2.38. The van der Waals surface area contributed by atoms with Gasteiger partial charge >= 0.3 is 0 Å². The molecule has 0 bridgehead atoms. The Labute approximate surface area is 109 Å². The van der Waals surface area contributed by atoms with Gasteiger partial charge in [-0.05, 0) is 29.7 Å². The second-order valence-electron chi connectivity index (χ2n) is 3.80. The van der Waals surface area contributed by atoms with E-state index in [0.29, 0.717) is 0 Å². The number of hydrogen-bond donors (Lipinski definition) is 0. The van der Waals surface area contributed by atoms with Crippen molar-refractivity contribution in [3.63, 3.8) is 0 Å². The van der Waals surface area contributed by atoms with Gasteiger partial charge in [0, 0.05) is 4.47 Å². The zero-order valence-electron chi connectivity index (χ0n) is 8.95. The number of benzene rings is 2. The molecule has 0 spiro atoms. The van der Waals surface area contributed by atoms with E-state index in [4.69, 9.17) is 11.6 Å². The smallest absolute Gasteiger partial charge is 0.0846 e. The first-order valence-electron chi connectivity index (χ1n) is 5.13. The normalized spacial score (nSPS) is 12.4. The quantitative estimate of drug-likeness (QED) is 0.677. The van der Waals surface area contributed by atoms with E-state index in [-0.39, 0.29) is 5.38 Å². The maximum Gasteiger partial charge on any atom is 0.0846 e. The van der Waals surface area contributed by atoms with E-state index >= 15 is 0 Å². The van der Waals surface area contributed by atoms with Gasteiger partial charge in [-0.3, -0.25) is 0 Å². The summed E-state index contributed by atoms with van der Waals surface area (Å²) in [6.07, 6.45) is 0. The molecule has 1 atom stereocenters. The van der Waals surface area contributed by atoms with Crippen LogP contribution in [0, 0.1) is 6.92 Å². The fraction of sp³-hybridized carbons (Fsp3) is 0.143. The lowest BCUT2D eigenvalue weighted by molar-refractivity contribution is 1.12. The Kier molecular flexibility index (Phi) is 3.67. The molecule has 0 aromatic heterocycles. The van der Waals surface area contributed by atoms with Gasteiger partial charge in [-0.1, -0.05) is 58.4 Å². The Morgan fingerprint density at radius 2 is 1.75 bits per heavy atom. The molecular weight excluding hydrogens is 284 g/mol. The average Bonchev–Trinajstić information content (AvgIpc) is 2.29. The molecule has 82 valence electrons. The van der Waals surface area contributed by atoms with Crippen LogP contribution >= 0.6 is 27.5 Å². The van der Waals surface area contributed by atoms with E-state index in [0.717, 1.165) is 15.6 Å². The maximum absolute atomic E-state index is 6.46. The van der Waals surface area contributed by atoms with E-state index in [1.165, 1.54) is 5.56 Å². The van der Waals surface area contributed by atoms with Crippen LogP contribution in [0.25, 0.3) is 0 Å². The van der Waals surface area contributed by atoms with Crippen LogP contribution in [0.15, 0.2) is 53.0 Å². The molecule has 0 nitrogen and oxygen atoms in total. The first-order chi connectivity index (χ1) is 7.68. The van der Waals surface area contributed by atoms with Crippen molar-refractivity contribution in [1.29, 1.82) is 0 Å². The zero-order valence-corrected chi connectivity index (χ0v) is 11.3. The summed E-state index contributed by atoms with van der Waals surface area (Å²) in [5.74, 6) is 0. The van der Waals surface area contributed by atoms with Crippen LogP contribution in [0.2, 0.25) is 0 Å². The van der Waals surface area contributed by atoms with E-state index in [9.17, 15) is 0 Å². The van der Waals surface area contributed by atoms with Gasteiger partial charge < -0.3 is 0 Å². The highest BCUT2D eigenvalue weighted by Gasteiger charge is 2.13. The van der Waals surface area contributed by atoms with Gasteiger partial charge in [0.15, 0.2) is 0 Å². The van der Waals surface area contributed by atoms with Crippen molar-refractivity contribution in [2.45, 2.75) is 12.3 Å². The molecule has 2 aromatic rings. The van der Waals surface area contributed by atoms with E-state index in [2.05, 4.69) is 41.1 Å². The Bertz CT molecular complexity index is 479. The average molecular weight is 296 g/mol. The van der Waals surface area contributed by atoms with Crippen LogP contribution < -0.4 is 0 Å².